The van der Waals surface area contributed by atoms with E-state index in [-0.39, 0.29) is 24.3 Å². The van der Waals surface area contributed by atoms with E-state index >= 15 is 0 Å². The summed E-state index contributed by atoms with van der Waals surface area (Å²) in [7, 11) is -3.99. The molecule has 0 bridgehead atoms. The van der Waals surface area contributed by atoms with Crippen molar-refractivity contribution in [3.8, 4) is 0 Å². The fourth-order valence-corrected chi connectivity index (χ4v) is 5.05. The van der Waals surface area contributed by atoms with Crippen molar-refractivity contribution in [1.82, 2.24) is 4.98 Å². The lowest BCUT2D eigenvalue weighted by Crippen LogP contribution is -2.42. The third-order valence-corrected chi connectivity index (χ3v) is 7.54. The van der Waals surface area contributed by atoms with Gasteiger partial charge in [-0.1, -0.05) is 12.1 Å². The van der Waals surface area contributed by atoms with E-state index in [2.05, 4.69) is 4.98 Å². The summed E-state index contributed by atoms with van der Waals surface area (Å²) in [5.41, 5.74) is 0.609. The summed E-state index contributed by atoms with van der Waals surface area (Å²) < 4.78 is 69.8. The molecule has 0 aliphatic carbocycles. The summed E-state index contributed by atoms with van der Waals surface area (Å²) >= 11 is 0. The number of ether oxygens (including phenoxy) is 1. The Kier molecular flexibility index (Phi) is 5.07. The highest BCUT2D eigenvalue weighted by molar-refractivity contribution is 7.92. The molecule has 0 radical (unpaired) electrons. The van der Waals surface area contributed by atoms with E-state index in [0.717, 1.165) is 23.4 Å². The lowest BCUT2D eigenvalue weighted by atomic mass is 9.93. The highest BCUT2D eigenvalue weighted by Gasteiger charge is 2.45. The van der Waals surface area contributed by atoms with Gasteiger partial charge in [-0.25, -0.2) is 8.42 Å². The molecule has 4 nitrogen and oxygen atoms in total. The highest BCUT2D eigenvalue weighted by atomic mass is 32.2. The Labute approximate surface area is 156 Å². The number of halogens is 3. The van der Waals surface area contributed by atoms with Crippen LogP contribution < -0.4 is 0 Å². The summed E-state index contributed by atoms with van der Waals surface area (Å²) in [6.07, 6.45) is -3.07. The average Bonchev–Trinajstić information content (AvgIpc) is 2.61. The first-order chi connectivity index (χ1) is 12.5. The van der Waals surface area contributed by atoms with Gasteiger partial charge in [-0.15, -0.1) is 0 Å². The molecule has 2 heterocycles. The van der Waals surface area contributed by atoms with Crippen LogP contribution in [0.15, 0.2) is 47.5 Å². The summed E-state index contributed by atoms with van der Waals surface area (Å²) in [5, 5.41) is 0. The topological polar surface area (TPSA) is 56.3 Å². The van der Waals surface area contributed by atoms with Crippen molar-refractivity contribution in [2.75, 3.05) is 6.61 Å². The van der Waals surface area contributed by atoms with Crippen molar-refractivity contribution < 1.29 is 26.3 Å². The number of pyridine rings is 1. The van der Waals surface area contributed by atoms with Gasteiger partial charge in [0, 0.05) is 18.5 Å². The predicted molar refractivity (Wildman–Crippen MR) is 93.9 cm³/mol. The number of aromatic nitrogens is 1. The number of nitrogens with zero attached hydrogens (tertiary/aromatic N) is 1. The minimum Gasteiger partial charge on any atom is -0.373 e. The van der Waals surface area contributed by atoms with Crippen LogP contribution in [0.3, 0.4) is 0 Å². The molecule has 0 saturated carbocycles. The van der Waals surface area contributed by atoms with Gasteiger partial charge >= 0.3 is 6.18 Å². The molecule has 2 unspecified atom stereocenters. The maximum Gasteiger partial charge on any atom is 0.416 e. The Morgan fingerprint density at radius 2 is 1.96 bits per heavy atom. The van der Waals surface area contributed by atoms with Crippen molar-refractivity contribution in [3.63, 3.8) is 0 Å². The monoisotopic (exact) mass is 399 g/mol. The number of hydrogen-bond donors (Lipinski definition) is 0. The van der Waals surface area contributed by atoms with Crippen LogP contribution in [0.5, 0.6) is 0 Å². The summed E-state index contributed by atoms with van der Waals surface area (Å²) in [6.45, 7) is 3.61. The largest absolute Gasteiger partial charge is 0.416 e. The molecule has 0 N–H and O–H groups in total. The van der Waals surface area contributed by atoms with Gasteiger partial charge in [0.1, 0.15) is 0 Å². The first-order valence-corrected chi connectivity index (χ1v) is 9.97. The van der Waals surface area contributed by atoms with Crippen molar-refractivity contribution in [2.45, 2.75) is 48.6 Å². The van der Waals surface area contributed by atoms with E-state index in [1.54, 1.807) is 13.1 Å². The second-order valence-electron chi connectivity index (χ2n) is 7.03. The Morgan fingerprint density at radius 3 is 2.59 bits per heavy atom. The van der Waals surface area contributed by atoms with E-state index < -0.39 is 32.4 Å². The molecule has 1 fully saturated rings. The van der Waals surface area contributed by atoms with Gasteiger partial charge < -0.3 is 4.74 Å². The van der Waals surface area contributed by atoms with Gasteiger partial charge in [0.15, 0.2) is 9.84 Å². The predicted octanol–water partition coefficient (Wildman–Crippen LogP) is 4.49. The van der Waals surface area contributed by atoms with Crippen LogP contribution in [0.25, 0.3) is 0 Å². The molecule has 146 valence electrons. The normalized spacial score (nSPS) is 24.0. The van der Waals surface area contributed by atoms with Crippen LogP contribution in [0, 0.1) is 6.92 Å². The fourth-order valence-electron chi connectivity index (χ4n) is 3.22. The van der Waals surface area contributed by atoms with Crippen LogP contribution in [0.2, 0.25) is 0 Å². The maximum atomic E-state index is 13.2. The zero-order valence-electron chi connectivity index (χ0n) is 15.0. The minimum absolute atomic E-state index is 0.149. The maximum absolute atomic E-state index is 13.2. The lowest BCUT2D eigenvalue weighted by Gasteiger charge is -2.37. The Bertz CT molecular complexity index is 926. The standard InChI is InChI=1S/C19H20F3NO3S/c1-13-6-7-14(12-23-13)17-11-18(2,8-9-26-17)27(24,25)16-5-3-4-15(10-16)19(20,21)22/h3-7,10,12,17H,8-9,11H2,1-2H3. The number of aryl methyl sites for hydroxylation is 1. The number of sulfone groups is 1. The quantitative estimate of drug-likeness (QED) is 0.763. The van der Waals surface area contributed by atoms with Crippen LogP contribution in [0.4, 0.5) is 13.2 Å². The van der Waals surface area contributed by atoms with Gasteiger partial charge in [-0.2, -0.15) is 13.2 Å². The number of alkyl halides is 3. The zero-order chi connectivity index (χ0) is 19.9. The second kappa shape index (κ2) is 6.91. The SMILES string of the molecule is Cc1ccc(C2CC(C)(S(=O)(=O)c3cccc(C(F)(F)F)c3)CCO2)cn1. The Balaban J connectivity index is 1.94. The first kappa shape index (κ1) is 19.8. The second-order valence-corrected chi connectivity index (χ2v) is 9.49. The average molecular weight is 399 g/mol. The van der Waals surface area contributed by atoms with Gasteiger partial charge in [-0.3, -0.25) is 4.98 Å². The van der Waals surface area contributed by atoms with E-state index in [4.69, 9.17) is 4.74 Å². The summed E-state index contributed by atoms with van der Waals surface area (Å²) in [4.78, 5) is 3.89. The molecule has 0 spiro atoms. The zero-order valence-corrected chi connectivity index (χ0v) is 15.8. The molecule has 1 aromatic heterocycles. The number of hydrogen-bond acceptors (Lipinski definition) is 4. The van der Waals surface area contributed by atoms with E-state index in [0.29, 0.717) is 6.07 Å². The molecule has 1 saturated heterocycles. The lowest BCUT2D eigenvalue weighted by molar-refractivity contribution is -0.137. The van der Waals surface area contributed by atoms with Crippen LogP contribution in [-0.4, -0.2) is 24.8 Å². The number of rotatable bonds is 3. The molecule has 0 amide bonds. The highest BCUT2D eigenvalue weighted by Crippen LogP contribution is 2.42. The molecule has 1 aliphatic heterocycles. The smallest absolute Gasteiger partial charge is 0.373 e. The molecule has 1 aromatic carbocycles. The number of benzene rings is 1. The van der Waals surface area contributed by atoms with Crippen LogP contribution in [0.1, 0.15) is 42.7 Å². The van der Waals surface area contributed by atoms with Crippen LogP contribution in [-0.2, 0) is 20.8 Å². The third-order valence-electron chi connectivity index (χ3n) is 4.99. The minimum atomic E-state index is -4.60. The van der Waals surface area contributed by atoms with E-state index in [9.17, 15) is 21.6 Å². The van der Waals surface area contributed by atoms with Crippen molar-refractivity contribution in [2.24, 2.45) is 0 Å². The fraction of sp³-hybridized carbons (Fsp3) is 0.421. The van der Waals surface area contributed by atoms with Crippen molar-refractivity contribution in [3.05, 3.63) is 59.4 Å². The van der Waals surface area contributed by atoms with Gasteiger partial charge in [0.05, 0.1) is 21.3 Å². The van der Waals surface area contributed by atoms with Crippen molar-refractivity contribution in [1.29, 1.82) is 0 Å². The van der Waals surface area contributed by atoms with Gasteiger partial charge in [0.2, 0.25) is 0 Å². The van der Waals surface area contributed by atoms with E-state index in [1.807, 2.05) is 19.1 Å². The third kappa shape index (κ3) is 3.87. The summed E-state index contributed by atoms with van der Waals surface area (Å²) in [5.74, 6) is 0. The molecule has 2 aromatic rings. The van der Waals surface area contributed by atoms with Crippen LogP contribution >= 0.6 is 0 Å². The molecular formula is C19H20F3NO3S. The Morgan fingerprint density at radius 1 is 1.22 bits per heavy atom. The molecule has 27 heavy (non-hydrogen) atoms. The van der Waals surface area contributed by atoms with Gasteiger partial charge in [-0.05, 0) is 56.5 Å². The molecule has 2 atom stereocenters. The molecular weight excluding hydrogens is 379 g/mol. The van der Waals surface area contributed by atoms with Gasteiger partial charge in [0.25, 0.3) is 0 Å². The first-order valence-electron chi connectivity index (χ1n) is 8.49. The summed E-state index contributed by atoms with van der Waals surface area (Å²) in [6, 6.07) is 7.56. The molecule has 3 rings (SSSR count). The van der Waals surface area contributed by atoms with E-state index in [1.165, 1.54) is 6.07 Å². The molecule has 8 heteroatoms. The molecule has 1 aliphatic rings. The Hall–Kier alpha value is -1.93. The van der Waals surface area contributed by atoms with Crippen molar-refractivity contribution >= 4 is 9.84 Å².